The van der Waals surface area contributed by atoms with Crippen molar-refractivity contribution in [2.75, 3.05) is 26.4 Å². The molecule has 0 aromatic heterocycles. The van der Waals surface area contributed by atoms with E-state index in [-0.39, 0.29) is 28.9 Å². The van der Waals surface area contributed by atoms with Gasteiger partial charge in [0.2, 0.25) is 0 Å². The number of hydrogen-bond donors (Lipinski definition) is 2. The zero-order valence-electron chi connectivity index (χ0n) is 12.8. The third-order valence-corrected chi connectivity index (χ3v) is 3.21. The van der Waals surface area contributed by atoms with Crippen molar-refractivity contribution in [3.63, 3.8) is 0 Å². The van der Waals surface area contributed by atoms with E-state index in [2.05, 4.69) is 5.32 Å². The highest BCUT2D eigenvalue weighted by Gasteiger charge is 2.22. The SMILES string of the molecule is CC(C)C(CN(C)C)NC(=O)c1cccc([N+](=O)[O-])c1N. The molecule has 1 aromatic carbocycles. The molecule has 0 fully saturated rings. The number of anilines is 1. The van der Waals surface area contributed by atoms with E-state index < -0.39 is 10.8 Å². The Bertz CT molecular complexity index is 529. The molecule has 0 aliphatic heterocycles. The van der Waals surface area contributed by atoms with Gasteiger partial charge in [0.05, 0.1) is 10.5 Å². The van der Waals surface area contributed by atoms with Gasteiger partial charge in [0.15, 0.2) is 0 Å². The van der Waals surface area contributed by atoms with Crippen LogP contribution in [0, 0.1) is 16.0 Å². The minimum Gasteiger partial charge on any atom is -0.393 e. The molecule has 1 rings (SSSR count). The van der Waals surface area contributed by atoms with Crippen LogP contribution in [-0.2, 0) is 0 Å². The lowest BCUT2D eigenvalue weighted by Crippen LogP contribution is -2.45. The van der Waals surface area contributed by atoms with Crippen molar-refractivity contribution in [1.29, 1.82) is 0 Å². The molecule has 21 heavy (non-hydrogen) atoms. The molecule has 0 aliphatic carbocycles. The van der Waals surface area contributed by atoms with Crippen LogP contribution >= 0.6 is 0 Å². The molecule has 1 amide bonds. The first kappa shape index (κ1) is 16.9. The molecule has 0 saturated heterocycles. The molecule has 0 radical (unpaired) electrons. The molecule has 1 aromatic rings. The second-order valence-electron chi connectivity index (χ2n) is 5.58. The van der Waals surface area contributed by atoms with Gasteiger partial charge in [-0.05, 0) is 26.1 Å². The van der Waals surface area contributed by atoms with Crippen molar-refractivity contribution in [2.24, 2.45) is 5.92 Å². The smallest absolute Gasteiger partial charge is 0.292 e. The standard InChI is InChI=1S/C14H22N4O3/c1-9(2)11(8-17(3)4)16-14(19)10-6-5-7-12(13(10)15)18(20)21/h5-7,9,11H,8,15H2,1-4H3,(H,16,19). The van der Waals surface area contributed by atoms with Gasteiger partial charge in [0.25, 0.3) is 11.6 Å². The van der Waals surface area contributed by atoms with Gasteiger partial charge in [0, 0.05) is 18.7 Å². The number of nitrogens with zero attached hydrogens (tertiary/aromatic N) is 2. The summed E-state index contributed by atoms with van der Waals surface area (Å²) in [6.45, 7) is 4.69. The number of nitrogens with one attached hydrogen (secondary N) is 1. The van der Waals surface area contributed by atoms with E-state index in [1.807, 2.05) is 32.8 Å². The van der Waals surface area contributed by atoms with Gasteiger partial charge >= 0.3 is 0 Å². The Balaban J connectivity index is 2.98. The minimum atomic E-state index is -0.591. The third kappa shape index (κ3) is 4.42. The van der Waals surface area contributed by atoms with E-state index in [1.54, 1.807) is 0 Å². The number of nitrogens with two attached hydrogens (primary N) is 1. The number of para-hydroxylation sites is 1. The summed E-state index contributed by atoms with van der Waals surface area (Å²) in [6.07, 6.45) is 0. The number of hydrogen-bond acceptors (Lipinski definition) is 5. The summed E-state index contributed by atoms with van der Waals surface area (Å²) in [5.74, 6) is -0.159. The van der Waals surface area contributed by atoms with Crippen LogP contribution < -0.4 is 11.1 Å². The summed E-state index contributed by atoms with van der Waals surface area (Å²) in [7, 11) is 3.84. The van der Waals surface area contributed by atoms with E-state index in [1.165, 1.54) is 18.2 Å². The molecule has 0 bridgehead atoms. The van der Waals surface area contributed by atoms with E-state index >= 15 is 0 Å². The largest absolute Gasteiger partial charge is 0.393 e. The maximum absolute atomic E-state index is 12.3. The molecular weight excluding hydrogens is 272 g/mol. The van der Waals surface area contributed by atoms with Crippen LogP contribution in [-0.4, -0.2) is 42.4 Å². The van der Waals surface area contributed by atoms with Crippen LogP contribution in [0.2, 0.25) is 0 Å². The fourth-order valence-electron chi connectivity index (χ4n) is 1.97. The van der Waals surface area contributed by atoms with E-state index in [4.69, 9.17) is 5.73 Å². The molecule has 0 spiro atoms. The highest BCUT2D eigenvalue weighted by atomic mass is 16.6. The first-order valence-corrected chi connectivity index (χ1v) is 6.72. The average molecular weight is 294 g/mol. The van der Waals surface area contributed by atoms with Gasteiger partial charge in [-0.2, -0.15) is 0 Å². The number of likely N-dealkylation sites (N-methyl/N-ethyl adjacent to an activating group) is 1. The molecule has 1 unspecified atom stereocenters. The minimum absolute atomic E-state index is 0.0637. The van der Waals surface area contributed by atoms with Crippen LogP contribution in [0.5, 0.6) is 0 Å². The van der Waals surface area contributed by atoms with Gasteiger partial charge < -0.3 is 16.0 Å². The van der Waals surface area contributed by atoms with Gasteiger partial charge in [-0.15, -0.1) is 0 Å². The summed E-state index contributed by atoms with van der Waals surface area (Å²) in [4.78, 5) is 24.5. The highest BCUT2D eigenvalue weighted by Crippen LogP contribution is 2.24. The Morgan fingerprint density at radius 3 is 2.52 bits per heavy atom. The van der Waals surface area contributed by atoms with Crippen molar-refractivity contribution >= 4 is 17.3 Å². The van der Waals surface area contributed by atoms with Gasteiger partial charge in [-0.25, -0.2) is 0 Å². The summed E-state index contributed by atoms with van der Waals surface area (Å²) in [5.41, 5.74) is 5.50. The summed E-state index contributed by atoms with van der Waals surface area (Å²) in [6, 6.07) is 4.17. The fourth-order valence-corrected chi connectivity index (χ4v) is 1.97. The zero-order chi connectivity index (χ0) is 16.2. The molecule has 116 valence electrons. The number of amides is 1. The maximum Gasteiger partial charge on any atom is 0.292 e. The van der Waals surface area contributed by atoms with Crippen LogP contribution in [0.1, 0.15) is 24.2 Å². The molecule has 0 heterocycles. The van der Waals surface area contributed by atoms with Crippen molar-refractivity contribution in [3.8, 4) is 0 Å². The predicted molar refractivity (Wildman–Crippen MR) is 82.2 cm³/mol. The van der Waals surface area contributed by atoms with Crippen LogP contribution in [0.3, 0.4) is 0 Å². The second-order valence-corrected chi connectivity index (χ2v) is 5.58. The lowest BCUT2D eigenvalue weighted by Gasteiger charge is -2.25. The monoisotopic (exact) mass is 294 g/mol. The Morgan fingerprint density at radius 2 is 2.05 bits per heavy atom. The van der Waals surface area contributed by atoms with Crippen LogP contribution in [0.4, 0.5) is 11.4 Å². The molecule has 7 nitrogen and oxygen atoms in total. The number of nitro groups is 1. The number of benzene rings is 1. The predicted octanol–water partition coefficient (Wildman–Crippen LogP) is 1.49. The molecule has 7 heteroatoms. The number of nitro benzene ring substituents is 1. The number of carbonyl (C=O) groups excluding carboxylic acids is 1. The van der Waals surface area contributed by atoms with Crippen molar-refractivity contribution in [3.05, 3.63) is 33.9 Å². The number of carbonyl (C=O) groups is 1. The fraction of sp³-hybridized carbons (Fsp3) is 0.500. The van der Waals surface area contributed by atoms with Crippen molar-refractivity contribution in [1.82, 2.24) is 10.2 Å². The van der Waals surface area contributed by atoms with E-state index in [0.29, 0.717) is 6.54 Å². The van der Waals surface area contributed by atoms with Crippen molar-refractivity contribution < 1.29 is 9.72 Å². The lowest BCUT2D eigenvalue weighted by atomic mass is 10.0. The number of rotatable bonds is 6. The maximum atomic E-state index is 12.3. The first-order chi connectivity index (χ1) is 9.73. The Hall–Kier alpha value is -2.15. The lowest BCUT2D eigenvalue weighted by molar-refractivity contribution is -0.383. The Morgan fingerprint density at radius 1 is 1.43 bits per heavy atom. The molecule has 1 atom stereocenters. The molecule has 0 aliphatic rings. The summed E-state index contributed by atoms with van der Waals surface area (Å²) >= 11 is 0. The molecule has 3 N–H and O–H groups in total. The highest BCUT2D eigenvalue weighted by molar-refractivity contribution is 6.01. The van der Waals surface area contributed by atoms with E-state index in [0.717, 1.165) is 0 Å². The number of nitrogen functional groups attached to an aromatic ring is 1. The van der Waals surface area contributed by atoms with E-state index in [9.17, 15) is 14.9 Å². The van der Waals surface area contributed by atoms with Crippen molar-refractivity contribution in [2.45, 2.75) is 19.9 Å². The Labute approximate surface area is 124 Å². The topological polar surface area (TPSA) is 102 Å². The zero-order valence-corrected chi connectivity index (χ0v) is 12.8. The molecule has 0 saturated carbocycles. The molecular formula is C14H22N4O3. The average Bonchev–Trinajstić information content (AvgIpc) is 2.36. The normalized spacial score (nSPS) is 12.5. The van der Waals surface area contributed by atoms with Crippen LogP contribution in [0.15, 0.2) is 18.2 Å². The summed E-state index contributed by atoms with van der Waals surface area (Å²) in [5, 5.41) is 13.7. The van der Waals surface area contributed by atoms with Gasteiger partial charge in [0.1, 0.15) is 5.69 Å². The van der Waals surface area contributed by atoms with Gasteiger partial charge in [-0.3, -0.25) is 14.9 Å². The van der Waals surface area contributed by atoms with Crippen LogP contribution in [0.25, 0.3) is 0 Å². The van der Waals surface area contributed by atoms with Gasteiger partial charge in [-0.1, -0.05) is 19.9 Å². The third-order valence-electron chi connectivity index (χ3n) is 3.21. The Kier molecular flexibility index (Phi) is 5.66. The second kappa shape index (κ2) is 7.03. The quantitative estimate of drug-likeness (QED) is 0.470. The summed E-state index contributed by atoms with van der Waals surface area (Å²) < 4.78 is 0. The first-order valence-electron chi connectivity index (χ1n) is 6.72.